The van der Waals surface area contributed by atoms with Crippen LogP contribution in [0.15, 0.2) is 18.2 Å². The van der Waals surface area contributed by atoms with E-state index in [1.807, 2.05) is 12.1 Å². The van der Waals surface area contributed by atoms with Gasteiger partial charge in [-0.3, -0.25) is 4.90 Å². The molecule has 132 valence electrons. The summed E-state index contributed by atoms with van der Waals surface area (Å²) >= 11 is 0. The van der Waals surface area contributed by atoms with Gasteiger partial charge in [0.15, 0.2) is 0 Å². The molecular weight excluding hydrogens is 298 g/mol. The summed E-state index contributed by atoms with van der Waals surface area (Å²) in [6, 6.07) is 7.71. The number of carbonyl (C=O) groups is 1. The molecule has 2 fully saturated rings. The predicted molar refractivity (Wildman–Crippen MR) is 99.5 cm³/mol. The third-order valence-corrected chi connectivity index (χ3v) is 5.42. The van der Waals surface area contributed by atoms with Crippen molar-refractivity contribution in [2.45, 2.75) is 77.4 Å². The van der Waals surface area contributed by atoms with Crippen molar-refractivity contribution in [3.8, 4) is 0 Å². The van der Waals surface area contributed by atoms with Gasteiger partial charge in [-0.2, -0.15) is 0 Å². The molecule has 4 nitrogen and oxygen atoms in total. The normalized spacial score (nSPS) is 26.9. The van der Waals surface area contributed by atoms with Crippen molar-refractivity contribution in [1.29, 1.82) is 0 Å². The molecule has 3 rings (SSSR count). The van der Waals surface area contributed by atoms with Crippen molar-refractivity contribution in [2.24, 2.45) is 0 Å². The van der Waals surface area contributed by atoms with Gasteiger partial charge in [-0.1, -0.05) is 19.4 Å². The number of carbonyl (C=O) groups excluding carboxylic acids is 1. The van der Waals surface area contributed by atoms with E-state index < -0.39 is 0 Å². The van der Waals surface area contributed by atoms with Gasteiger partial charge in [-0.05, 0) is 75.8 Å². The van der Waals surface area contributed by atoms with Crippen molar-refractivity contribution in [1.82, 2.24) is 10.2 Å². The van der Waals surface area contributed by atoms with Crippen LogP contribution in [0.25, 0.3) is 0 Å². The number of piperidine rings is 2. The van der Waals surface area contributed by atoms with E-state index >= 15 is 0 Å². The second-order valence-electron chi connectivity index (χ2n) is 7.62. The molecule has 0 saturated carbocycles. The molecule has 0 aliphatic carbocycles. The van der Waals surface area contributed by atoms with E-state index in [9.17, 15) is 4.79 Å². The maximum Gasteiger partial charge on any atom is 0.319 e. The van der Waals surface area contributed by atoms with E-state index in [-0.39, 0.29) is 6.03 Å². The van der Waals surface area contributed by atoms with Crippen molar-refractivity contribution in [3.63, 3.8) is 0 Å². The Balaban J connectivity index is 1.57. The molecule has 1 aromatic carbocycles. The largest absolute Gasteiger partial charge is 0.335 e. The van der Waals surface area contributed by atoms with Gasteiger partial charge in [0.1, 0.15) is 0 Å². The molecule has 1 unspecified atom stereocenters. The lowest BCUT2D eigenvalue weighted by molar-refractivity contribution is 0.0272. The quantitative estimate of drug-likeness (QED) is 0.868. The van der Waals surface area contributed by atoms with E-state index in [0.29, 0.717) is 18.1 Å². The molecule has 2 aliphatic rings. The lowest BCUT2D eigenvalue weighted by Gasteiger charge is -2.49. The summed E-state index contributed by atoms with van der Waals surface area (Å²) in [7, 11) is 0. The first-order chi connectivity index (χ1) is 11.5. The molecule has 1 aromatic rings. The number of rotatable bonds is 4. The van der Waals surface area contributed by atoms with Crippen LogP contribution in [0.4, 0.5) is 10.5 Å². The minimum absolute atomic E-state index is 0.0629. The number of amides is 2. The Morgan fingerprint density at radius 2 is 1.75 bits per heavy atom. The van der Waals surface area contributed by atoms with Gasteiger partial charge >= 0.3 is 6.03 Å². The van der Waals surface area contributed by atoms with E-state index in [4.69, 9.17) is 0 Å². The van der Waals surface area contributed by atoms with Crippen LogP contribution in [0.5, 0.6) is 0 Å². The molecule has 2 saturated heterocycles. The number of benzene rings is 1. The maximum atomic E-state index is 12.4. The molecule has 0 spiro atoms. The monoisotopic (exact) mass is 329 g/mol. The standard InChI is InChI=1S/C20H31N3O/c1-4-8-23-18-6-5-7-19(23)13-17(12-18)22-20(24)21-16-10-14(2)9-15(3)11-16/h9-11,17-19H,4-8,12-13H2,1-3H3,(H2,21,22,24)/t17?,18-,19+. The number of urea groups is 1. The molecular formula is C20H31N3O. The van der Waals surface area contributed by atoms with E-state index in [1.54, 1.807) is 0 Å². The molecule has 2 N–H and O–H groups in total. The zero-order valence-corrected chi connectivity index (χ0v) is 15.3. The van der Waals surface area contributed by atoms with E-state index in [0.717, 1.165) is 18.5 Å². The van der Waals surface area contributed by atoms with Crippen LogP contribution in [0.1, 0.15) is 56.6 Å². The predicted octanol–water partition coefficient (Wildman–Crippen LogP) is 4.22. The summed E-state index contributed by atoms with van der Waals surface area (Å²) in [5.41, 5.74) is 3.23. The van der Waals surface area contributed by atoms with E-state index in [2.05, 4.69) is 42.4 Å². The van der Waals surface area contributed by atoms with Crippen LogP contribution >= 0.6 is 0 Å². The SMILES string of the molecule is CCCN1[C@@H]2CCC[C@H]1CC(NC(=O)Nc1cc(C)cc(C)c1)C2. The summed E-state index contributed by atoms with van der Waals surface area (Å²) in [5.74, 6) is 0. The number of hydrogen-bond acceptors (Lipinski definition) is 2. The Kier molecular flexibility index (Phi) is 5.44. The van der Waals surface area contributed by atoms with Gasteiger partial charge in [0.25, 0.3) is 0 Å². The van der Waals surface area contributed by atoms with Gasteiger partial charge in [-0.15, -0.1) is 0 Å². The van der Waals surface area contributed by atoms with E-state index in [1.165, 1.54) is 43.4 Å². The van der Waals surface area contributed by atoms with Crippen molar-refractivity contribution in [2.75, 3.05) is 11.9 Å². The highest BCUT2D eigenvalue weighted by molar-refractivity contribution is 5.89. The van der Waals surface area contributed by atoms with Crippen LogP contribution in [0, 0.1) is 13.8 Å². The molecule has 2 heterocycles. The third kappa shape index (κ3) is 4.10. The van der Waals surface area contributed by atoms with Crippen molar-refractivity contribution < 1.29 is 4.79 Å². The van der Waals surface area contributed by atoms with Crippen LogP contribution in [-0.2, 0) is 0 Å². The molecule has 4 heteroatoms. The highest BCUT2D eigenvalue weighted by Gasteiger charge is 2.38. The second kappa shape index (κ2) is 7.56. The molecule has 0 radical (unpaired) electrons. The first kappa shape index (κ1) is 17.3. The minimum atomic E-state index is -0.0629. The van der Waals surface area contributed by atoms with Crippen molar-refractivity contribution in [3.05, 3.63) is 29.3 Å². The van der Waals surface area contributed by atoms with Crippen LogP contribution in [0.3, 0.4) is 0 Å². The molecule has 2 aliphatic heterocycles. The van der Waals surface area contributed by atoms with Crippen LogP contribution in [-0.4, -0.2) is 35.6 Å². The smallest absolute Gasteiger partial charge is 0.319 e. The first-order valence-corrected chi connectivity index (χ1v) is 9.46. The third-order valence-electron chi connectivity index (χ3n) is 5.42. The second-order valence-corrected chi connectivity index (χ2v) is 7.62. The zero-order chi connectivity index (χ0) is 17.1. The number of nitrogens with zero attached hydrogens (tertiary/aromatic N) is 1. The fraction of sp³-hybridized carbons (Fsp3) is 0.650. The van der Waals surface area contributed by atoms with Crippen LogP contribution in [0.2, 0.25) is 0 Å². The Bertz CT molecular complexity index is 552. The zero-order valence-electron chi connectivity index (χ0n) is 15.3. The number of hydrogen-bond donors (Lipinski definition) is 2. The van der Waals surface area contributed by atoms with Gasteiger partial charge in [0, 0.05) is 23.8 Å². The topological polar surface area (TPSA) is 44.4 Å². The number of fused-ring (bicyclic) bond motifs is 2. The number of nitrogens with one attached hydrogen (secondary N) is 2. The molecule has 0 aromatic heterocycles. The van der Waals surface area contributed by atoms with Gasteiger partial charge in [0.2, 0.25) is 0 Å². The van der Waals surface area contributed by atoms with Crippen LogP contribution < -0.4 is 10.6 Å². The highest BCUT2D eigenvalue weighted by atomic mass is 16.2. The van der Waals surface area contributed by atoms with Crippen molar-refractivity contribution >= 4 is 11.7 Å². The van der Waals surface area contributed by atoms with Gasteiger partial charge in [0.05, 0.1) is 0 Å². The summed E-state index contributed by atoms with van der Waals surface area (Å²) in [6.07, 6.45) is 7.32. The fourth-order valence-electron chi connectivity index (χ4n) is 4.62. The summed E-state index contributed by atoms with van der Waals surface area (Å²) < 4.78 is 0. The Morgan fingerprint density at radius 3 is 2.33 bits per heavy atom. The minimum Gasteiger partial charge on any atom is -0.335 e. The molecule has 2 amide bonds. The summed E-state index contributed by atoms with van der Waals surface area (Å²) in [5, 5.41) is 6.23. The highest BCUT2D eigenvalue weighted by Crippen LogP contribution is 2.34. The number of anilines is 1. The first-order valence-electron chi connectivity index (χ1n) is 9.46. The van der Waals surface area contributed by atoms with Gasteiger partial charge in [-0.25, -0.2) is 4.79 Å². The number of aryl methyl sites for hydroxylation is 2. The Labute approximate surface area is 146 Å². The summed E-state index contributed by atoms with van der Waals surface area (Å²) in [6.45, 7) is 7.58. The Hall–Kier alpha value is -1.55. The molecule has 24 heavy (non-hydrogen) atoms. The van der Waals surface area contributed by atoms with Gasteiger partial charge < -0.3 is 10.6 Å². The molecule has 3 atom stereocenters. The lowest BCUT2D eigenvalue weighted by Crippen LogP contribution is -2.57. The average molecular weight is 329 g/mol. The average Bonchev–Trinajstić information content (AvgIpc) is 2.47. The maximum absolute atomic E-state index is 12.4. The Morgan fingerprint density at radius 1 is 1.12 bits per heavy atom. The fourth-order valence-corrected chi connectivity index (χ4v) is 4.62. The lowest BCUT2D eigenvalue weighted by atomic mass is 9.81. The summed E-state index contributed by atoms with van der Waals surface area (Å²) in [4.78, 5) is 15.1. The molecule has 2 bridgehead atoms.